The lowest BCUT2D eigenvalue weighted by molar-refractivity contribution is -0.139. The quantitative estimate of drug-likeness (QED) is 0.841. The van der Waals surface area contributed by atoms with Gasteiger partial charge in [0.05, 0.1) is 5.02 Å². The largest absolute Gasteiger partial charge is 0.480 e. The summed E-state index contributed by atoms with van der Waals surface area (Å²) in [4.78, 5) is 10.3. The van der Waals surface area contributed by atoms with Crippen LogP contribution in [-0.4, -0.2) is 25.5 Å². The van der Waals surface area contributed by atoms with Crippen molar-refractivity contribution < 1.29 is 22.7 Å². The first kappa shape index (κ1) is 16.9. The Bertz CT molecular complexity index is 583. The lowest BCUT2D eigenvalue weighted by atomic mass is 10.1. The van der Waals surface area contributed by atoms with Gasteiger partial charge in [0.25, 0.3) is 0 Å². The zero-order valence-corrected chi connectivity index (χ0v) is 12.5. The molecule has 0 radical (unpaired) electrons. The summed E-state index contributed by atoms with van der Waals surface area (Å²) in [6.07, 6.45) is 0.0840. The number of benzene rings is 1. The molecule has 0 bridgehead atoms. The van der Waals surface area contributed by atoms with E-state index < -0.39 is 32.7 Å². The number of rotatable bonds is 6. The van der Waals surface area contributed by atoms with Gasteiger partial charge < -0.3 is 5.11 Å². The van der Waals surface area contributed by atoms with E-state index in [0.717, 1.165) is 6.07 Å². The summed E-state index contributed by atoms with van der Waals surface area (Å²) < 4.78 is 39.7. The predicted octanol–water partition coefficient (Wildman–Crippen LogP) is 2.26. The van der Waals surface area contributed by atoms with E-state index in [1.807, 2.05) is 4.72 Å². The fraction of sp³-hybridized carbons (Fsp3) is 0.417. The van der Waals surface area contributed by atoms with Crippen LogP contribution in [0.1, 0.15) is 20.3 Å². The Morgan fingerprint density at radius 2 is 2.05 bits per heavy atom. The van der Waals surface area contributed by atoms with E-state index in [1.165, 1.54) is 12.1 Å². The highest BCUT2D eigenvalue weighted by Crippen LogP contribution is 2.24. The molecule has 1 rings (SSSR count). The number of hydrogen-bond donors (Lipinski definition) is 2. The first-order valence-corrected chi connectivity index (χ1v) is 7.70. The highest BCUT2D eigenvalue weighted by atomic mass is 35.5. The molecule has 0 aliphatic carbocycles. The summed E-state index contributed by atoms with van der Waals surface area (Å²) in [5.74, 6) is -2.40. The fourth-order valence-electron chi connectivity index (χ4n) is 1.66. The molecule has 112 valence electrons. The zero-order valence-electron chi connectivity index (χ0n) is 10.9. The zero-order chi connectivity index (χ0) is 15.5. The summed E-state index contributed by atoms with van der Waals surface area (Å²) in [6, 6.07) is 2.09. The standard InChI is InChI=1S/C12H15ClFNO4S/c1-7(2)6-10(12(16)17)15-20(18,19)11-8(13)4-3-5-9(11)14/h3-5,7,10,15H,6H2,1-2H3,(H,16,17)/t10-/m0/s1. The summed E-state index contributed by atoms with van der Waals surface area (Å²) >= 11 is 5.68. The van der Waals surface area contributed by atoms with Crippen LogP contribution >= 0.6 is 11.6 Å². The van der Waals surface area contributed by atoms with Gasteiger partial charge in [-0.25, -0.2) is 12.8 Å². The topological polar surface area (TPSA) is 83.5 Å². The monoisotopic (exact) mass is 323 g/mol. The Labute approximate surface area is 121 Å². The second-order valence-corrected chi connectivity index (χ2v) is 6.75. The maximum atomic E-state index is 13.6. The van der Waals surface area contributed by atoms with Gasteiger partial charge in [0.15, 0.2) is 0 Å². The Morgan fingerprint density at radius 3 is 2.50 bits per heavy atom. The molecule has 20 heavy (non-hydrogen) atoms. The van der Waals surface area contributed by atoms with Crippen molar-refractivity contribution in [2.75, 3.05) is 0 Å². The molecule has 8 heteroatoms. The second kappa shape index (κ2) is 6.51. The number of carboxylic acids is 1. The van der Waals surface area contributed by atoms with Crippen molar-refractivity contribution in [3.05, 3.63) is 29.0 Å². The van der Waals surface area contributed by atoms with E-state index >= 15 is 0 Å². The number of halogens is 2. The molecule has 0 unspecified atom stereocenters. The van der Waals surface area contributed by atoms with Gasteiger partial charge in [-0.15, -0.1) is 0 Å². The van der Waals surface area contributed by atoms with Crippen molar-refractivity contribution in [1.82, 2.24) is 4.72 Å². The minimum atomic E-state index is -4.35. The van der Waals surface area contributed by atoms with Gasteiger partial charge in [0, 0.05) is 0 Å². The molecule has 0 amide bonds. The number of carboxylic acid groups (broad SMARTS) is 1. The first-order valence-electron chi connectivity index (χ1n) is 5.84. The smallest absolute Gasteiger partial charge is 0.321 e. The van der Waals surface area contributed by atoms with E-state index in [4.69, 9.17) is 16.7 Å². The maximum Gasteiger partial charge on any atom is 0.321 e. The van der Waals surface area contributed by atoms with Crippen LogP contribution in [0.3, 0.4) is 0 Å². The molecule has 0 aliphatic rings. The number of carbonyl (C=O) groups is 1. The van der Waals surface area contributed by atoms with Crippen molar-refractivity contribution in [2.45, 2.75) is 31.2 Å². The number of sulfonamides is 1. The van der Waals surface area contributed by atoms with Gasteiger partial charge in [0.1, 0.15) is 16.8 Å². The van der Waals surface area contributed by atoms with Crippen LogP contribution < -0.4 is 4.72 Å². The van der Waals surface area contributed by atoms with Crippen LogP contribution in [0, 0.1) is 11.7 Å². The van der Waals surface area contributed by atoms with Gasteiger partial charge in [-0.3, -0.25) is 4.79 Å². The van der Waals surface area contributed by atoms with Crippen molar-refractivity contribution >= 4 is 27.6 Å². The number of nitrogens with one attached hydrogen (secondary N) is 1. The summed E-state index contributed by atoms with van der Waals surface area (Å²) in [5, 5.41) is 8.72. The van der Waals surface area contributed by atoms with Crippen LogP contribution in [0.25, 0.3) is 0 Å². The molecule has 0 spiro atoms. The van der Waals surface area contributed by atoms with Gasteiger partial charge in [0.2, 0.25) is 10.0 Å². The van der Waals surface area contributed by atoms with Gasteiger partial charge in [-0.05, 0) is 24.5 Å². The molecule has 1 aromatic carbocycles. The second-order valence-electron chi connectivity index (χ2n) is 4.69. The van der Waals surface area contributed by atoms with E-state index in [-0.39, 0.29) is 17.4 Å². The van der Waals surface area contributed by atoms with E-state index in [0.29, 0.717) is 0 Å². The molecule has 0 aromatic heterocycles. The Morgan fingerprint density at radius 1 is 1.45 bits per heavy atom. The molecule has 0 fully saturated rings. The van der Waals surface area contributed by atoms with Gasteiger partial charge in [-0.2, -0.15) is 4.72 Å². The van der Waals surface area contributed by atoms with Crippen LogP contribution in [0.2, 0.25) is 5.02 Å². The molecule has 1 aromatic rings. The molecule has 1 atom stereocenters. The predicted molar refractivity (Wildman–Crippen MR) is 72.6 cm³/mol. The average molecular weight is 324 g/mol. The van der Waals surface area contributed by atoms with E-state index in [9.17, 15) is 17.6 Å². The van der Waals surface area contributed by atoms with Crippen LogP contribution in [0.5, 0.6) is 0 Å². The van der Waals surface area contributed by atoms with Gasteiger partial charge >= 0.3 is 5.97 Å². The fourth-order valence-corrected chi connectivity index (χ4v) is 3.46. The molecule has 0 saturated heterocycles. The lowest BCUT2D eigenvalue weighted by Crippen LogP contribution is -2.41. The normalized spacial score (nSPS) is 13.4. The molecule has 0 aliphatic heterocycles. The SMILES string of the molecule is CC(C)C[C@H](NS(=O)(=O)c1c(F)cccc1Cl)C(=O)O. The highest BCUT2D eigenvalue weighted by Gasteiger charge is 2.29. The van der Waals surface area contributed by atoms with Crippen molar-refractivity contribution in [3.8, 4) is 0 Å². The Balaban J connectivity index is 3.13. The summed E-state index contributed by atoms with van der Waals surface area (Å²) in [7, 11) is -4.35. The van der Waals surface area contributed by atoms with Crippen LogP contribution in [-0.2, 0) is 14.8 Å². The number of aliphatic carboxylic acids is 1. The van der Waals surface area contributed by atoms with Crippen LogP contribution in [0.4, 0.5) is 4.39 Å². The Hall–Kier alpha value is -1.18. The molecule has 0 saturated carbocycles. The van der Waals surface area contributed by atoms with Crippen LogP contribution in [0.15, 0.2) is 23.1 Å². The average Bonchev–Trinajstić information content (AvgIpc) is 2.26. The Kier molecular flexibility index (Phi) is 5.50. The van der Waals surface area contributed by atoms with Gasteiger partial charge in [-0.1, -0.05) is 31.5 Å². The number of hydrogen-bond acceptors (Lipinski definition) is 3. The molecular formula is C12H15ClFNO4S. The lowest BCUT2D eigenvalue weighted by Gasteiger charge is -2.17. The van der Waals surface area contributed by atoms with Crippen molar-refractivity contribution in [3.63, 3.8) is 0 Å². The minimum absolute atomic E-state index is 0.0464. The molecule has 0 heterocycles. The highest BCUT2D eigenvalue weighted by molar-refractivity contribution is 7.89. The summed E-state index contributed by atoms with van der Waals surface area (Å²) in [5.41, 5.74) is 0. The van der Waals surface area contributed by atoms with E-state index in [1.54, 1.807) is 13.8 Å². The van der Waals surface area contributed by atoms with Crippen molar-refractivity contribution in [2.24, 2.45) is 5.92 Å². The third kappa shape index (κ3) is 4.16. The molecule has 2 N–H and O–H groups in total. The van der Waals surface area contributed by atoms with E-state index in [2.05, 4.69) is 0 Å². The molecular weight excluding hydrogens is 309 g/mol. The third-order valence-electron chi connectivity index (χ3n) is 2.49. The summed E-state index contributed by atoms with van der Waals surface area (Å²) in [6.45, 7) is 3.50. The molecule has 5 nitrogen and oxygen atoms in total. The third-order valence-corrected chi connectivity index (χ3v) is 4.46. The minimum Gasteiger partial charge on any atom is -0.480 e. The first-order chi connectivity index (χ1) is 9.15. The maximum absolute atomic E-state index is 13.6. The van der Waals surface area contributed by atoms with Crippen molar-refractivity contribution in [1.29, 1.82) is 0 Å².